The lowest BCUT2D eigenvalue weighted by Gasteiger charge is -2.29. The maximum absolute atomic E-state index is 12.9. The first kappa shape index (κ1) is 18.5. The molecule has 2 aromatic rings. The van der Waals surface area contributed by atoms with Crippen molar-refractivity contribution in [1.29, 1.82) is 0 Å². The van der Waals surface area contributed by atoms with Crippen LogP contribution in [0.5, 0.6) is 0 Å². The number of nitrogens with one attached hydrogen (secondary N) is 1. The Balaban J connectivity index is 2.15. The average Bonchev–Trinajstić information content (AvgIpc) is 3.05. The zero-order chi connectivity index (χ0) is 17.7. The van der Waals surface area contributed by atoms with Gasteiger partial charge in [0.1, 0.15) is 0 Å². The molecule has 0 saturated carbocycles. The van der Waals surface area contributed by atoms with Gasteiger partial charge in [0.25, 0.3) is 0 Å². The Morgan fingerprint density at radius 2 is 1.92 bits per heavy atom. The normalized spacial score (nSPS) is 12.2. The summed E-state index contributed by atoms with van der Waals surface area (Å²) in [4.78, 5) is 16.0. The molecule has 4 heteroatoms. The summed E-state index contributed by atoms with van der Waals surface area (Å²) in [5.41, 5.74) is 3.28. The molecule has 0 aliphatic heterocycles. The zero-order valence-corrected chi connectivity index (χ0v) is 16.1. The van der Waals surface area contributed by atoms with E-state index in [1.807, 2.05) is 29.2 Å². The molecule has 3 nitrogen and oxygen atoms in total. The molecule has 1 heterocycles. The summed E-state index contributed by atoms with van der Waals surface area (Å²) >= 11 is 1.70. The Bertz CT molecular complexity index is 664. The summed E-state index contributed by atoms with van der Waals surface area (Å²) in [6.07, 6.45) is 0.996. The van der Waals surface area contributed by atoms with Crippen molar-refractivity contribution >= 4 is 23.1 Å². The monoisotopic (exact) mass is 344 g/mol. The van der Waals surface area contributed by atoms with E-state index in [0.29, 0.717) is 5.92 Å². The van der Waals surface area contributed by atoms with E-state index in [0.717, 1.165) is 18.7 Å². The van der Waals surface area contributed by atoms with Gasteiger partial charge in [-0.25, -0.2) is 4.79 Å². The zero-order valence-electron chi connectivity index (χ0n) is 15.3. The highest BCUT2D eigenvalue weighted by molar-refractivity contribution is 7.10. The maximum atomic E-state index is 12.9. The van der Waals surface area contributed by atoms with E-state index in [1.54, 1.807) is 11.3 Å². The van der Waals surface area contributed by atoms with Gasteiger partial charge in [-0.3, -0.25) is 0 Å². The van der Waals surface area contributed by atoms with E-state index in [4.69, 9.17) is 0 Å². The number of urea groups is 1. The van der Waals surface area contributed by atoms with Crippen LogP contribution in [0, 0.1) is 19.8 Å². The van der Waals surface area contributed by atoms with E-state index in [-0.39, 0.29) is 12.1 Å². The predicted octanol–water partition coefficient (Wildman–Crippen LogP) is 6.01. The number of amides is 2. The van der Waals surface area contributed by atoms with Gasteiger partial charge in [0, 0.05) is 17.1 Å². The van der Waals surface area contributed by atoms with Crippen LogP contribution in [0.1, 0.15) is 49.2 Å². The average molecular weight is 345 g/mol. The standard InChI is InChI=1S/C20H28N2OS/c1-14(2)10-11-22(17(5)19-7-6-12-24-19)20(23)21-18-9-8-15(3)16(4)13-18/h6-9,12-14,17H,10-11H2,1-5H3,(H,21,23)/t17-/m1/s1. The second kappa shape index (κ2) is 8.34. The molecule has 1 atom stereocenters. The highest BCUT2D eigenvalue weighted by Crippen LogP contribution is 2.26. The Morgan fingerprint density at radius 3 is 2.50 bits per heavy atom. The first-order valence-electron chi connectivity index (χ1n) is 8.56. The van der Waals surface area contributed by atoms with Crippen molar-refractivity contribution in [1.82, 2.24) is 4.90 Å². The highest BCUT2D eigenvalue weighted by Gasteiger charge is 2.22. The molecule has 2 amide bonds. The third-order valence-electron chi connectivity index (χ3n) is 4.39. The molecule has 0 aliphatic rings. The molecular formula is C20H28N2OS. The predicted molar refractivity (Wildman–Crippen MR) is 104 cm³/mol. The van der Waals surface area contributed by atoms with Crippen molar-refractivity contribution in [3.8, 4) is 0 Å². The van der Waals surface area contributed by atoms with Crippen molar-refractivity contribution in [2.24, 2.45) is 5.92 Å². The van der Waals surface area contributed by atoms with E-state index >= 15 is 0 Å². The fraction of sp³-hybridized carbons (Fsp3) is 0.450. The fourth-order valence-electron chi connectivity index (χ4n) is 2.57. The van der Waals surface area contributed by atoms with Gasteiger partial charge in [-0.2, -0.15) is 0 Å². The number of nitrogens with zero attached hydrogens (tertiary/aromatic N) is 1. The Morgan fingerprint density at radius 1 is 1.17 bits per heavy atom. The van der Waals surface area contributed by atoms with Crippen molar-refractivity contribution in [3.63, 3.8) is 0 Å². The molecule has 0 saturated heterocycles. The molecule has 0 aliphatic carbocycles. The third-order valence-corrected chi connectivity index (χ3v) is 5.43. The van der Waals surface area contributed by atoms with Gasteiger partial charge in [-0.05, 0) is 67.8 Å². The number of anilines is 1. The maximum Gasteiger partial charge on any atom is 0.322 e. The number of hydrogen-bond donors (Lipinski definition) is 1. The van der Waals surface area contributed by atoms with Crippen LogP contribution in [0.15, 0.2) is 35.7 Å². The molecule has 130 valence electrons. The molecule has 0 unspecified atom stereocenters. The lowest BCUT2D eigenvalue weighted by atomic mass is 10.1. The Kier molecular flexibility index (Phi) is 6.44. The Labute approximate surface area is 149 Å². The van der Waals surface area contributed by atoms with Crippen molar-refractivity contribution in [2.75, 3.05) is 11.9 Å². The third kappa shape index (κ3) is 4.84. The van der Waals surface area contributed by atoms with Gasteiger partial charge >= 0.3 is 6.03 Å². The summed E-state index contributed by atoms with van der Waals surface area (Å²) in [5, 5.41) is 5.13. The van der Waals surface area contributed by atoms with Crippen LogP contribution in [0.25, 0.3) is 0 Å². The number of aryl methyl sites for hydroxylation is 2. The SMILES string of the molecule is Cc1ccc(NC(=O)N(CCC(C)C)[C@H](C)c2cccs2)cc1C. The molecular weight excluding hydrogens is 316 g/mol. The number of rotatable bonds is 6. The number of thiophene rings is 1. The molecule has 0 spiro atoms. The summed E-state index contributed by atoms with van der Waals surface area (Å²) in [6, 6.07) is 10.2. The topological polar surface area (TPSA) is 32.3 Å². The van der Waals surface area contributed by atoms with Crippen LogP contribution in [-0.4, -0.2) is 17.5 Å². The first-order chi connectivity index (χ1) is 11.4. The summed E-state index contributed by atoms with van der Waals surface area (Å²) < 4.78 is 0. The number of carbonyl (C=O) groups is 1. The van der Waals surface area contributed by atoms with Crippen LogP contribution in [-0.2, 0) is 0 Å². The second-order valence-electron chi connectivity index (χ2n) is 6.80. The minimum absolute atomic E-state index is 0.0280. The minimum Gasteiger partial charge on any atom is -0.317 e. The van der Waals surface area contributed by atoms with E-state index in [2.05, 4.69) is 51.4 Å². The summed E-state index contributed by atoms with van der Waals surface area (Å²) in [7, 11) is 0. The van der Waals surface area contributed by atoms with Gasteiger partial charge in [-0.15, -0.1) is 11.3 Å². The van der Waals surface area contributed by atoms with Crippen molar-refractivity contribution in [3.05, 3.63) is 51.7 Å². The molecule has 24 heavy (non-hydrogen) atoms. The number of carbonyl (C=O) groups excluding carboxylic acids is 1. The quantitative estimate of drug-likeness (QED) is 0.684. The first-order valence-corrected chi connectivity index (χ1v) is 9.44. The summed E-state index contributed by atoms with van der Waals surface area (Å²) in [5.74, 6) is 0.567. The van der Waals surface area contributed by atoms with Gasteiger partial charge in [0.2, 0.25) is 0 Å². The van der Waals surface area contributed by atoms with Gasteiger partial charge in [0.05, 0.1) is 6.04 Å². The number of hydrogen-bond acceptors (Lipinski definition) is 2. The smallest absolute Gasteiger partial charge is 0.317 e. The van der Waals surface area contributed by atoms with E-state index in [9.17, 15) is 4.79 Å². The van der Waals surface area contributed by atoms with Gasteiger partial charge < -0.3 is 10.2 Å². The Hall–Kier alpha value is -1.81. The molecule has 1 N–H and O–H groups in total. The van der Waals surface area contributed by atoms with Crippen LogP contribution < -0.4 is 5.32 Å². The highest BCUT2D eigenvalue weighted by atomic mass is 32.1. The molecule has 2 rings (SSSR count). The van der Waals surface area contributed by atoms with Crippen LogP contribution in [0.4, 0.5) is 10.5 Å². The molecule has 1 aromatic heterocycles. The van der Waals surface area contributed by atoms with E-state index < -0.39 is 0 Å². The lowest BCUT2D eigenvalue weighted by molar-refractivity contribution is 0.190. The van der Waals surface area contributed by atoms with Crippen LogP contribution in [0.3, 0.4) is 0 Å². The summed E-state index contributed by atoms with van der Waals surface area (Å²) in [6.45, 7) is 11.4. The molecule has 0 fully saturated rings. The minimum atomic E-state index is -0.0280. The van der Waals surface area contributed by atoms with Gasteiger partial charge in [-0.1, -0.05) is 26.0 Å². The van der Waals surface area contributed by atoms with Crippen molar-refractivity contribution in [2.45, 2.75) is 47.1 Å². The molecule has 0 radical (unpaired) electrons. The van der Waals surface area contributed by atoms with Gasteiger partial charge in [0.15, 0.2) is 0 Å². The lowest BCUT2D eigenvalue weighted by Crippen LogP contribution is -2.38. The molecule has 0 bridgehead atoms. The molecule has 1 aromatic carbocycles. The largest absolute Gasteiger partial charge is 0.322 e. The fourth-order valence-corrected chi connectivity index (χ4v) is 3.36. The van der Waals surface area contributed by atoms with Crippen molar-refractivity contribution < 1.29 is 4.79 Å². The second-order valence-corrected chi connectivity index (χ2v) is 7.78. The van der Waals surface area contributed by atoms with Crippen LogP contribution >= 0.6 is 11.3 Å². The van der Waals surface area contributed by atoms with Crippen LogP contribution in [0.2, 0.25) is 0 Å². The number of benzene rings is 1. The van der Waals surface area contributed by atoms with E-state index in [1.165, 1.54) is 16.0 Å².